The molecule has 1 amide bonds. The van der Waals surface area contributed by atoms with Gasteiger partial charge in [0, 0.05) is 20.0 Å². The van der Waals surface area contributed by atoms with Crippen LogP contribution in [0.5, 0.6) is 0 Å². The molecular formula is C17H23NO4. The minimum Gasteiger partial charge on any atom is -0.478 e. The van der Waals surface area contributed by atoms with E-state index in [1.165, 1.54) is 0 Å². The van der Waals surface area contributed by atoms with Gasteiger partial charge in [0.05, 0.1) is 17.8 Å². The number of hydrogen-bond donors (Lipinski definition) is 1. The van der Waals surface area contributed by atoms with E-state index in [9.17, 15) is 9.59 Å². The van der Waals surface area contributed by atoms with Gasteiger partial charge in [-0.3, -0.25) is 4.79 Å². The van der Waals surface area contributed by atoms with Crippen molar-refractivity contribution >= 4 is 11.9 Å². The SMILES string of the molecule is C[C@H]1CC[C@H](CCC(=O)N(C)Cc2ccc(C(=O)O)cc2)O1. The molecule has 0 saturated carbocycles. The number of hydrogen-bond acceptors (Lipinski definition) is 3. The third kappa shape index (κ3) is 4.56. The van der Waals surface area contributed by atoms with Crippen LogP contribution in [-0.2, 0) is 16.1 Å². The Morgan fingerprint density at radius 2 is 1.95 bits per heavy atom. The van der Waals surface area contributed by atoms with Gasteiger partial charge in [0.1, 0.15) is 0 Å². The Morgan fingerprint density at radius 1 is 1.27 bits per heavy atom. The molecular weight excluding hydrogens is 282 g/mol. The molecule has 5 nitrogen and oxygen atoms in total. The van der Waals surface area contributed by atoms with Gasteiger partial charge < -0.3 is 14.7 Å². The number of aromatic carboxylic acids is 1. The number of nitrogens with zero attached hydrogens (tertiary/aromatic N) is 1. The van der Waals surface area contributed by atoms with Gasteiger partial charge in [-0.1, -0.05) is 12.1 Å². The topological polar surface area (TPSA) is 66.8 Å². The van der Waals surface area contributed by atoms with Crippen LogP contribution in [0.1, 0.15) is 48.5 Å². The highest BCUT2D eigenvalue weighted by Crippen LogP contribution is 2.22. The average molecular weight is 305 g/mol. The molecule has 0 radical (unpaired) electrons. The van der Waals surface area contributed by atoms with Crippen molar-refractivity contribution < 1.29 is 19.4 Å². The Bertz CT molecular complexity index is 526. The van der Waals surface area contributed by atoms with E-state index in [2.05, 4.69) is 6.92 Å². The lowest BCUT2D eigenvalue weighted by Gasteiger charge is -2.18. The summed E-state index contributed by atoms with van der Waals surface area (Å²) in [5.41, 5.74) is 1.18. The summed E-state index contributed by atoms with van der Waals surface area (Å²) in [5.74, 6) is -0.854. The van der Waals surface area contributed by atoms with E-state index in [1.807, 2.05) is 0 Å². The fourth-order valence-corrected chi connectivity index (χ4v) is 2.69. The van der Waals surface area contributed by atoms with Crippen LogP contribution in [0.3, 0.4) is 0 Å². The fourth-order valence-electron chi connectivity index (χ4n) is 2.69. The van der Waals surface area contributed by atoms with Crippen molar-refractivity contribution in [3.05, 3.63) is 35.4 Å². The Hall–Kier alpha value is -1.88. The summed E-state index contributed by atoms with van der Waals surface area (Å²) >= 11 is 0. The highest BCUT2D eigenvalue weighted by atomic mass is 16.5. The molecule has 120 valence electrons. The summed E-state index contributed by atoms with van der Waals surface area (Å²) in [6.07, 6.45) is 3.89. The Kier molecular flexibility index (Phi) is 5.55. The van der Waals surface area contributed by atoms with E-state index >= 15 is 0 Å². The summed E-state index contributed by atoms with van der Waals surface area (Å²) in [6, 6.07) is 6.61. The first-order valence-corrected chi connectivity index (χ1v) is 7.67. The molecule has 1 aromatic rings. The average Bonchev–Trinajstić information content (AvgIpc) is 2.91. The minimum absolute atomic E-state index is 0.0884. The lowest BCUT2D eigenvalue weighted by Crippen LogP contribution is -2.27. The van der Waals surface area contributed by atoms with Gasteiger partial charge in [0.15, 0.2) is 0 Å². The van der Waals surface area contributed by atoms with Crippen LogP contribution in [0.25, 0.3) is 0 Å². The highest BCUT2D eigenvalue weighted by Gasteiger charge is 2.22. The van der Waals surface area contributed by atoms with Gasteiger partial charge in [-0.2, -0.15) is 0 Å². The van der Waals surface area contributed by atoms with Crippen molar-refractivity contribution in [2.75, 3.05) is 7.05 Å². The second-order valence-electron chi connectivity index (χ2n) is 5.94. The van der Waals surface area contributed by atoms with Gasteiger partial charge >= 0.3 is 5.97 Å². The van der Waals surface area contributed by atoms with Crippen LogP contribution in [0.15, 0.2) is 24.3 Å². The first-order chi connectivity index (χ1) is 10.5. The van der Waals surface area contributed by atoms with E-state index in [4.69, 9.17) is 9.84 Å². The van der Waals surface area contributed by atoms with Crippen molar-refractivity contribution in [1.82, 2.24) is 4.90 Å². The third-order valence-corrected chi connectivity index (χ3v) is 4.05. The minimum atomic E-state index is -0.943. The molecule has 1 N–H and O–H groups in total. The first-order valence-electron chi connectivity index (χ1n) is 7.67. The zero-order valence-electron chi connectivity index (χ0n) is 13.1. The number of carboxylic acids is 1. The Balaban J connectivity index is 1.79. The van der Waals surface area contributed by atoms with Gasteiger partial charge in [-0.25, -0.2) is 4.79 Å². The summed E-state index contributed by atoms with van der Waals surface area (Å²) in [4.78, 5) is 24.6. The van der Waals surface area contributed by atoms with Gasteiger partial charge in [0.25, 0.3) is 0 Å². The van der Waals surface area contributed by atoms with Crippen LogP contribution in [0.4, 0.5) is 0 Å². The number of amides is 1. The molecule has 1 saturated heterocycles. The smallest absolute Gasteiger partial charge is 0.335 e. The monoisotopic (exact) mass is 305 g/mol. The van der Waals surface area contributed by atoms with Crippen LogP contribution >= 0.6 is 0 Å². The second-order valence-corrected chi connectivity index (χ2v) is 5.94. The zero-order chi connectivity index (χ0) is 16.1. The molecule has 1 fully saturated rings. The van der Waals surface area contributed by atoms with E-state index in [0.717, 1.165) is 24.8 Å². The molecule has 0 spiro atoms. The number of carboxylic acid groups (broad SMARTS) is 1. The number of rotatable bonds is 6. The van der Waals surface area contributed by atoms with Crippen LogP contribution in [0.2, 0.25) is 0 Å². The lowest BCUT2D eigenvalue weighted by molar-refractivity contribution is -0.131. The molecule has 1 aliphatic heterocycles. The molecule has 1 heterocycles. The molecule has 2 atom stereocenters. The predicted octanol–water partition coefficient (Wildman–Crippen LogP) is 2.69. The van der Waals surface area contributed by atoms with Crippen LogP contribution < -0.4 is 0 Å². The first kappa shape index (κ1) is 16.5. The normalized spacial score (nSPS) is 20.8. The van der Waals surface area contributed by atoms with Crippen molar-refractivity contribution in [2.45, 2.75) is 51.4 Å². The molecule has 1 aromatic carbocycles. The molecule has 0 bridgehead atoms. The zero-order valence-corrected chi connectivity index (χ0v) is 13.1. The molecule has 0 aromatic heterocycles. The number of benzene rings is 1. The molecule has 0 unspecified atom stereocenters. The Labute approximate surface area is 130 Å². The van der Waals surface area contributed by atoms with Gasteiger partial charge in [-0.15, -0.1) is 0 Å². The molecule has 0 aliphatic carbocycles. The fraction of sp³-hybridized carbons (Fsp3) is 0.529. The lowest BCUT2D eigenvalue weighted by atomic mass is 10.1. The summed E-state index contributed by atoms with van der Waals surface area (Å²) in [7, 11) is 1.77. The maximum Gasteiger partial charge on any atom is 0.335 e. The Morgan fingerprint density at radius 3 is 2.50 bits per heavy atom. The second kappa shape index (κ2) is 7.40. The van der Waals surface area contributed by atoms with Gasteiger partial charge in [-0.05, 0) is 43.9 Å². The third-order valence-electron chi connectivity index (χ3n) is 4.05. The number of carbonyl (C=O) groups excluding carboxylic acids is 1. The summed E-state index contributed by atoms with van der Waals surface area (Å²) in [6.45, 7) is 2.55. The van der Waals surface area contributed by atoms with E-state index in [-0.39, 0.29) is 17.6 Å². The van der Waals surface area contributed by atoms with Crippen LogP contribution in [0, 0.1) is 0 Å². The van der Waals surface area contributed by atoms with Crippen molar-refractivity contribution in [2.24, 2.45) is 0 Å². The molecule has 5 heteroatoms. The van der Waals surface area contributed by atoms with E-state index in [0.29, 0.717) is 19.1 Å². The number of ether oxygens (including phenoxy) is 1. The molecule has 22 heavy (non-hydrogen) atoms. The maximum absolute atomic E-state index is 12.1. The largest absolute Gasteiger partial charge is 0.478 e. The maximum atomic E-state index is 12.1. The van der Waals surface area contributed by atoms with Crippen LogP contribution in [-0.4, -0.2) is 41.1 Å². The summed E-state index contributed by atoms with van der Waals surface area (Å²) < 4.78 is 5.72. The summed E-state index contributed by atoms with van der Waals surface area (Å²) in [5, 5.41) is 8.86. The van der Waals surface area contributed by atoms with Crippen molar-refractivity contribution in [3.63, 3.8) is 0 Å². The van der Waals surface area contributed by atoms with Gasteiger partial charge in [0.2, 0.25) is 5.91 Å². The highest BCUT2D eigenvalue weighted by molar-refractivity contribution is 5.87. The van der Waals surface area contributed by atoms with E-state index in [1.54, 1.807) is 36.2 Å². The van der Waals surface area contributed by atoms with E-state index < -0.39 is 5.97 Å². The van der Waals surface area contributed by atoms with Crippen molar-refractivity contribution in [3.8, 4) is 0 Å². The molecule has 1 aliphatic rings. The molecule has 2 rings (SSSR count). The quantitative estimate of drug-likeness (QED) is 0.877. The predicted molar refractivity (Wildman–Crippen MR) is 82.7 cm³/mol. The standard InChI is InChI=1S/C17H23NO4/c1-12-3-8-15(22-12)9-10-16(19)18(2)11-13-4-6-14(7-5-13)17(20)21/h4-7,12,15H,3,8-11H2,1-2H3,(H,20,21)/t12-,15+/m0/s1. The number of carbonyl (C=O) groups is 2. The van der Waals surface area contributed by atoms with Crippen molar-refractivity contribution in [1.29, 1.82) is 0 Å².